The summed E-state index contributed by atoms with van der Waals surface area (Å²) in [5.41, 5.74) is 1.00. The molecule has 0 spiro atoms. The molecule has 0 amide bonds. The summed E-state index contributed by atoms with van der Waals surface area (Å²) in [5.74, 6) is 1.84. The van der Waals surface area contributed by atoms with Crippen LogP contribution in [0.2, 0.25) is 0 Å². The van der Waals surface area contributed by atoms with Gasteiger partial charge in [0.2, 0.25) is 0 Å². The highest BCUT2D eigenvalue weighted by Crippen LogP contribution is 2.28. The number of hydrogen-bond acceptors (Lipinski definition) is 6. The van der Waals surface area contributed by atoms with Crippen LogP contribution in [0.4, 0.5) is 0 Å². The maximum atomic E-state index is 9.94. The van der Waals surface area contributed by atoms with Gasteiger partial charge in [0, 0.05) is 5.56 Å². The van der Waals surface area contributed by atoms with E-state index in [1.54, 1.807) is 32.7 Å². The van der Waals surface area contributed by atoms with Crippen LogP contribution in [-0.2, 0) is 0 Å². The van der Waals surface area contributed by atoms with E-state index in [2.05, 4.69) is 9.98 Å². The van der Waals surface area contributed by atoms with Gasteiger partial charge in [0.25, 0.3) is 0 Å². The number of ether oxygens (including phenoxy) is 2. The molecule has 2 rings (SSSR count). The first-order valence-electron chi connectivity index (χ1n) is 6.90. The first kappa shape index (κ1) is 16.0. The minimum Gasteiger partial charge on any atom is -0.493 e. The Kier molecular flexibility index (Phi) is 4.51. The van der Waals surface area contributed by atoms with Crippen LogP contribution in [-0.4, -0.2) is 42.1 Å². The van der Waals surface area contributed by atoms with Crippen LogP contribution in [0.5, 0.6) is 11.5 Å². The Labute approximate surface area is 130 Å². The Morgan fingerprint density at radius 1 is 1.14 bits per heavy atom. The van der Waals surface area contributed by atoms with Crippen molar-refractivity contribution in [2.24, 2.45) is 9.98 Å². The van der Waals surface area contributed by atoms with Gasteiger partial charge < -0.3 is 9.47 Å². The van der Waals surface area contributed by atoms with Crippen LogP contribution >= 0.6 is 0 Å². The maximum absolute atomic E-state index is 9.94. The molecule has 0 saturated heterocycles. The Hall–Kier alpha value is -2.34. The molecule has 118 valence electrons. The molecule has 0 bridgehead atoms. The summed E-state index contributed by atoms with van der Waals surface area (Å²) in [6.07, 6.45) is 3.16. The average molecular weight is 303 g/mol. The van der Waals surface area contributed by atoms with E-state index in [-0.39, 0.29) is 0 Å². The SMILES string of the molecule is COc1ccc(C2=NC(=CN(O)C(C)(C)C)C=N2)cc1OC. The summed E-state index contributed by atoms with van der Waals surface area (Å²) in [4.78, 5) is 8.68. The number of allylic oxidation sites excluding steroid dienone is 1. The second kappa shape index (κ2) is 6.19. The monoisotopic (exact) mass is 303 g/mol. The average Bonchev–Trinajstić information content (AvgIpc) is 2.94. The summed E-state index contributed by atoms with van der Waals surface area (Å²) in [7, 11) is 3.17. The number of amidine groups is 1. The Morgan fingerprint density at radius 2 is 1.82 bits per heavy atom. The van der Waals surface area contributed by atoms with Gasteiger partial charge in [-0.25, -0.2) is 9.98 Å². The molecule has 1 aliphatic rings. The summed E-state index contributed by atoms with van der Waals surface area (Å²) in [6.45, 7) is 5.69. The molecule has 1 aliphatic heterocycles. The lowest BCUT2D eigenvalue weighted by atomic mass is 10.1. The van der Waals surface area contributed by atoms with Crippen molar-refractivity contribution in [1.82, 2.24) is 5.06 Å². The largest absolute Gasteiger partial charge is 0.493 e. The number of hydrogen-bond donors (Lipinski definition) is 1. The highest BCUT2D eigenvalue weighted by atomic mass is 16.5. The van der Waals surface area contributed by atoms with E-state index in [0.717, 1.165) is 10.6 Å². The van der Waals surface area contributed by atoms with Crippen LogP contribution in [0.3, 0.4) is 0 Å². The fourth-order valence-electron chi connectivity index (χ4n) is 1.80. The number of nitrogens with zero attached hydrogens (tertiary/aromatic N) is 3. The number of aliphatic imine (C=N–C) groups is 2. The van der Waals surface area contributed by atoms with Gasteiger partial charge in [-0.15, -0.1) is 0 Å². The Bertz CT molecular complexity index is 643. The van der Waals surface area contributed by atoms with E-state index in [1.807, 2.05) is 32.9 Å². The second-order valence-electron chi connectivity index (χ2n) is 5.83. The predicted molar refractivity (Wildman–Crippen MR) is 86.0 cm³/mol. The molecule has 1 heterocycles. The zero-order valence-corrected chi connectivity index (χ0v) is 13.5. The molecule has 0 unspecified atom stereocenters. The summed E-state index contributed by atoms with van der Waals surface area (Å²) >= 11 is 0. The molecule has 6 nitrogen and oxygen atoms in total. The molecule has 0 radical (unpaired) electrons. The third kappa shape index (κ3) is 3.46. The fourth-order valence-corrected chi connectivity index (χ4v) is 1.80. The van der Waals surface area contributed by atoms with E-state index in [9.17, 15) is 5.21 Å². The van der Waals surface area contributed by atoms with Gasteiger partial charge in [0.15, 0.2) is 17.3 Å². The van der Waals surface area contributed by atoms with Crippen molar-refractivity contribution in [3.63, 3.8) is 0 Å². The molecule has 0 atom stereocenters. The Morgan fingerprint density at radius 3 is 2.41 bits per heavy atom. The third-order valence-electron chi connectivity index (χ3n) is 3.14. The van der Waals surface area contributed by atoms with Gasteiger partial charge in [-0.1, -0.05) is 0 Å². The van der Waals surface area contributed by atoms with Crippen molar-refractivity contribution < 1.29 is 14.7 Å². The third-order valence-corrected chi connectivity index (χ3v) is 3.14. The Balaban J connectivity index is 2.27. The number of hydroxylamine groups is 2. The van der Waals surface area contributed by atoms with E-state index in [0.29, 0.717) is 23.0 Å². The molecule has 1 N–H and O–H groups in total. The molecular weight excluding hydrogens is 282 g/mol. The van der Waals surface area contributed by atoms with Crippen LogP contribution in [0.15, 0.2) is 40.1 Å². The smallest absolute Gasteiger partial charge is 0.161 e. The summed E-state index contributed by atoms with van der Waals surface area (Å²) in [5, 5.41) is 11.1. The lowest BCUT2D eigenvalue weighted by molar-refractivity contribution is -0.110. The summed E-state index contributed by atoms with van der Waals surface area (Å²) < 4.78 is 10.5. The van der Waals surface area contributed by atoms with E-state index < -0.39 is 5.54 Å². The van der Waals surface area contributed by atoms with Gasteiger partial charge in [-0.05, 0) is 39.0 Å². The quantitative estimate of drug-likeness (QED) is 0.869. The zero-order chi connectivity index (χ0) is 16.3. The van der Waals surface area contributed by atoms with E-state index in [4.69, 9.17) is 9.47 Å². The van der Waals surface area contributed by atoms with Crippen molar-refractivity contribution in [3.05, 3.63) is 35.7 Å². The van der Waals surface area contributed by atoms with Crippen LogP contribution in [0.25, 0.3) is 0 Å². The lowest BCUT2D eigenvalue weighted by Crippen LogP contribution is -2.34. The van der Waals surface area contributed by atoms with Crippen molar-refractivity contribution in [2.75, 3.05) is 14.2 Å². The molecule has 6 heteroatoms. The molecular formula is C16H21N3O3. The van der Waals surface area contributed by atoms with Crippen LogP contribution in [0, 0.1) is 0 Å². The van der Waals surface area contributed by atoms with Crippen molar-refractivity contribution in [2.45, 2.75) is 26.3 Å². The van der Waals surface area contributed by atoms with E-state index >= 15 is 0 Å². The fraction of sp³-hybridized carbons (Fsp3) is 0.375. The molecule has 0 aromatic heterocycles. The highest BCUT2D eigenvalue weighted by molar-refractivity contribution is 6.10. The minimum absolute atomic E-state index is 0.400. The van der Waals surface area contributed by atoms with Crippen LogP contribution in [0.1, 0.15) is 26.3 Å². The normalized spacial score (nSPS) is 15.9. The zero-order valence-electron chi connectivity index (χ0n) is 13.5. The molecule has 1 aromatic rings. The number of benzene rings is 1. The van der Waals surface area contributed by atoms with Gasteiger partial charge >= 0.3 is 0 Å². The first-order chi connectivity index (χ1) is 10.3. The molecule has 0 fully saturated rings. The van der Waals surface area contributed by atoms with Crippen molar-refractivity contribution in [1.29, 1.82) is 0 Å². The van der Waals surface area contributed by atoms with E-state index in [1.165, 1.54) is 0 Å². The topological polar surface area (TPSA) is 66.7 Å². The highest BCUT2D eigenvalue weighted by Gasteiger charge is 2.18. The lowest BCUT2D eigenvalue weighted by Gasteiger charge is -2.27. The standard InChI is InChI=1S/C16H21N3O3/c1-16(2,3)19(20)10-12-9-17-15(18-12)11-6-7-13(21-4)14(8-11)22-5/h6-10,20H,1-5H3. The molecule has 0 saturated carbocycles. The number of rotatable bonds is 4. The van der Waals surface area contributed by atoms with Crippen molar-refractivity contribution >= 4 is 12.1 Å². The molecule has 0 aliphatic carbocycles. The maximum Gasteiger partial charge on any atom is 0.161 e. The molecule has 1 aromatic carbocycles. The summed E-state index contributed by atoms with van der Waals surface area (Å²) in [6, 6.07) is 5.49. The predicted octanol–water partition coefficient (Wildman–Crippen LogP) is 2.87. The van der Waals surface area contributed by atoms with Gasteiger partial charge in [-0.2, -0.15) is 0 Å². The van der Waals surface area contributed by atoms with Crippen LogP contribution < -0.4 is 9.47 Å². The van der Waals surface area contributed by atoms with Gasteiger partial charge in [-0.3, -0.25) is 10.3 Å². The minimum atomic E-state index is -0.400. The van der Waals surface area contributed by atoms with Gasteiger partial charge in [0.1, 0.15) is 5.70 Å². The number of methoxy groups -OCH3 is 2. The molecule has 22 heavy (non-hydrogen) atoms. The first-order valence-corrected chi connectivity index (χ1v) is 6.90. The van der Waals surface area contributed by atoms with Crippen molar-refractivity contribution in [3.8, 4) is 11.5 Å². The second-order valence-corrected chi connectivity index (χ2v) is 5.83. The van der Waals surface area contributed by atoms with Gasteiger partial charge in [0.05, 0.1) is 32.2 Å².